The number of carbonyl (C=O) groups excluding carboxylic acids is 2. The zero-order valence-corrected chi connectivity index (χ0v) is 23.1. The van der Waals surface area contributed by atoms with Crippen LogP contribution in [0.4, 0.5) is 0 Å². The second kappa shape index (κ2) is 8.59. The predicted octanol–water partition coefficient (Wildman–Crippen LogP) is 7.00. The second-order valence-electron chi connectivity index (χ2n) is 11.0. The molecule has 0 radical (unpaired) electrons. The van der Waals surface area contributed by atoms with Crippen molar-refractivity contribution < 1.29 is 9.59 Å². The number of imide groups is 1. The van der Waals surface area contributed by atoms with Crippen molar-refractivity contribution in [2.75, 3.05) is 0 Å². The number of hydrogen-bond donors (Lipinski definition) is 0. The predicted molar refractivity (Wildman–Crippen MR) is 161 cm³/mol. The smallest absolute Gasteiger partial charge is 0.262 e. The highest BCUT2D eigenvalue weighted by Crippen LogP contribution is 2.45. The first-order valence-corrected chi connectivity index (χ1v) is 14.3. The molecule has 200 valence electrons. The molecular weight excluding hydrogens is 500 g/mol. The molecule has 2 heterocycles. The van der Waals surface area contributed by atoms with Gasteiger partial charge in [0, 0.05) is 28.6 Å². The third kappa shape index (κ3) is 2.88. The van der Waals surface area contributed by atoms with E-state index in [-0.39, 0.29) is 35.0 Å². The Kier molecular flexibility index (Phi) is 5.30. The number of carbonyl (C=O) groups is 2. The van der Waals surface area contributed by atoms with E-state index in [1.807, 2.05) is 76.2 Å². The zero-order valence-electron chi connectivity index (χ0n) is 23.1. The van der Waals surface area contributed by atoms with Crippen LogP contribution in [0.15, 0.2) is 58.1 Å². The van der Waals surface area contributed by atoms with Gasteiger partial charge in [0.1, 0.15) is 0 Å². The van der Waals surface area contributed by atoms with E-state index in [2.05, 4.69) is 0 Å². The average Bonchev–Trinajstić information content (AvgIpc) is 3.22. The molecule has 6 aromatic rings. The fraction of sp³-hybridized carbons (Fsp3) is 0.294. The average molecular weight is 531 g/mol. The van der Waals surface area contributed by atoms with Crippen LogP contribution in [0.5, 0.6) is 0 Å². The fourth-order valence-electron chi connectivity index (χ4n) is 7.29. The van der Waals surface area contributed by atoms with Crippen LogP contribution in [0.2, 0.25) is 0 Å². The standard InChI is InChI=1S/C34H30N2O4/c1-5-17(6-2)35-31(37)23-14-12-20-19-10-9-11-22-27(19)25(21-13-15-24(32(35)38)29(23)28(20)21)16-26-30(22)34(40)36(33(26)39)18(7-3)8-4/h9-18H,5-8H2,1-4H3. The number of amides is 2. The normalized spacial score (nSPS) is 14.1. The molecule has 0 aliphatic carbocycles. The molecular formula is C34H30N2O4. The van der Waals surface area contributed by atoms with Gasteiger partial charge in [-0.05, 0) is 81.6 Å². The molecule has 0 bridgehead atoms. The third-order valence-electron chi connectivity index (χ3n) is 9.30. The van der Waals surface area contributed by atoms with Crippen molar-refractivity contribution in [3.8, 4) is 0 Å². The maximum atomic E-state index is 13.7. The summed E-state index contributed by atoms with van der Waals surface area (Å²) in [6.45, 7) is 7.99. The van der Waals surface area contributed by atoms with Gasteiger partial charge < -0.3 is 0 Å². The number of aromatic nitrogens is 1. The quantitative estimate of drug-likeness (QED) is 0.132. The van der Waals surface area contributed by atoms with Gasteiger partial charge in [-0.15, -0.1) is 0 Å². The molecule has 5 aromatic carbocycles. The molecule has 1 aromatic heterocycles. The van der Waals surface area contributed by atoms with Gasteiger partial charge in [-0.3, -0.25) is 28.6 Å². The lowest BCUT2D eigenvalue weighted by atomic mass is 9.84. The van der Waals surface area contributed by atoms with Crippen LogP contribution in [0, 0.1) is 0 Å². The van der Waals surface area contributed by atoms with Crippen molar-refractivity contribution in [1.29, 1.82) is 0 Å². The largest absolute Gasteiger partial charge is 0.271 e. The molecule has 0 spiro atoms. The fourth-order valence-corrected chi connectivity index (χ4v) is 7.29. The summed E-state index contributed by atoms with van der Waals surface area (Å²) in [5.74, 6) is -0.510. The maximum absolute atomic E-state index is 13.7. The Morgan fingerprint density at radius 3 is 1.68 bits per heavy atom. The number of rotatable bonds is 6. The van der Waals surface area contributed by atoms with Crippen molar-refractivity contribution in [2.24, 2.45) is 0 Å². The van der Waals surface area contributed by atoms with Crippen molar-refractivity contribution in [2.45, 2.75) is 65.5 Å². The minimum absolute atomic E-state index is 0.155. The molecule has 6 heteroatoms. The summed E-state index contributed by atoms with van der Waals surface area (Å²) in [7, 11) is 0. The minimum atomic E-state index is -0.255. The van der Waals surface area contributed by atoms with E-state index in [0.29, 0.717) is 53.0 Å². The topological polar surface area (TPSA) is 76.5 Å². The summed E-state index contributed by atoms with van der Waals surface area (Å²) in [6, 6.07) is 15.0. The summed E-state index contributed by atoms with van der Waals surface area (Å²) in [5.41, 5.74) is 0.582. The number of hydrogen-bond acceptors (Lipinski definition) is 4. The van der Waals surface area contributed by atoms with Crippen molar-refractivity contribution >= 4 is 65.7 Å². The second-order valence-corrected chi connectivity index (χ2v) is 11.0. The summed E-state index contributed by atoms with van der Waals surface area (Å²) < 4.78 is 1.44. The highest BCUT2D eigenvalue weighted by molar-refractivity contribution is 6.40. The van der Waals surface area contributed by atoms with Gasteiger partial charge in [0.25, 0.3) is 22.9 Å². The van der Waals surface area contributed by atoms with Crippen LogP contribution < -0.4 is 11.1 Å². The maximum Gasteiger partial charge on any atom is 0.262 e. The van der Waals surface area contributed by atoms with E-state index in [9.17, 15) is 19.2 Å². The first-order chi connectivity index (χ1) is 19.4. The van der Waals surface area contributed by atoms with Gasteiger partial charge in [0.15, 0.2) is 0 Å². The molecule has 0 fully saturated rings. The Hall–Kier alpha value is -4.32. The Bertz CT molecular complexity index is 2130. The summed E-state index contributed by atoms with van der Waals surface area (Å²) in [6.07, 6.45) is 2.79. The molecule has 0 saturated carbocycles. The van der Waals surface area contributed by atoms with Crippen LogP contribution in [-0.4, -0.2) is 27.3 Å². The Labute approximate surface area is 230 Å². The molecule has 1 aliphatic heterocycles. The SMILES string of the molecule is CCC(CC)N1C(=O)c2ccc3c4cccc5c6c(=O)n(C(CC)CC)c(=O)c6cc(c6ccc(c2c36)C1=O)c45. The molecule has 40 heavy (non-hydrogen) atoms. The van der Waals surface area contributed by atoms with E-state index >= 15 is 0 Å². The molecule has 7 rings (SSSR count). The Balaban J connectivity index is 1.66. The zero-order chi connectivity index (χ0) is 28.0. The highest BCUT2D eigenvalue weighted by atomic mass is 16.2. The molecule has 0 unspecified atom stereocenters. The van der Waals surface area contributed by atoms with E-state index in [4.69, 9.17) is 0 Å². The first kappa shape index (κ1) is 24.7. The minimum Gasteiger partial charge on any atom is -0.271 e. The monoisotopic (exact) mass is 530 g/mol. The van der Waals surface area contributed by atoms with E-state index in [1.165, 1.54) is 9.47 Å². The van der Waals surface area contributed by atoms with E-state index in [0.717, 1.165) is 37.7 Å². The molecule has 0 N–H and O–H groups in total. The van der Waals surface area contributed by atoms with Gasteiger partial charge in [-0.25, -0.2) is 0 Å². The van der Waals surface area contributed by atoms with Crippen LogP contribution in [0.25, 0.3) is 53.9 Å². The molecule has 2 amide bonds. The van der Waals surface area contributed by atoms with Crippen molar-refractivity contribution in [3.63, 3.8) is 0 Å². The first-order valence-electron chi connectivity index (χ1n) is 14.3. The number of fused-ring (bicyclic) bond motifs is 4. The molecule has 0 atom stereocenters. The lowest BCUT2D eigenvalue weighted by molar-refractivity contribution is 0.0530. The number of benzene rings is 5. The van der Waals surface area contributed by atoms with Gasteiger partial charge in [0.05, 0.1) is 10.8 Å². The number of nitrogens with zero attached hydrogens (tertiary/aromatic N) is 2. The van der Waals surface area contributed by atoms with Gasteiger partial charge in [0.2, 0.25) is 0 Å². The van der Waals surface area contributed by atoms with Crippen molar-refractivity contribution in [3.05, 3.63) is 80.4 Å². The van der Waals surface area contributed by atoms with Crippen LogP contribution in [0.1, 0.15) is 80.1 Å². The van der Waals surface area contributed by atoms with Gasteiger partial charge in [-0.2, -0.15) is 0 Å². The van der Waals surface area contributed by atoms with Crippen LogP contribution in [-0.2, 0) is 0 Å². The highest BCUT2D eigenvalue weighted by Gasteiger charge is 2.37. The van der Waals surface area contributed by atoms with Crippen molar-refractivity contribution in [1.82, 2.24) is 9.47 Å². The van der Waals surface area contributed by atoms with Crippen LogP contribution >= 0.6 is 0 Å². The summed E-state index contributed by atoms with van der Waals surface area (Å²) in [5, 5.41) is 7.72. The Morgan fingerprint density at radius 2 is 1.07 bits per heavy atom. The summed E-state index contributed by atoms with van der Waals surface area (Å²) >= 11 is 0. The lowest BCUT2D eigenvalue weighted by Gasteiger charge is -2.33. The van der Waals surface area contributed by atoms with Gasteiger partial charge in [-0.1, -0.05) is 58.0 Å². The van der Waals surface area contributed by atoms with Gasteiger partial charge >= 0.3 is 0 Å². The molecule has 1 aliphatic rings. The van der Waals surface area contributed by atoms with E-state index in [1.54, 1.807) is 0 Å². The third-order valence-corrected chi connectivity index (χ3v) is 9.30. The lowest BCUT2D eigenvalue weighted by Crippen LogP contribution is -2.46. The summed E-state index contributed by atoms with van der Waals surface area (Å²) in [4.78, 5) is 56.3. The Morgan fingerprint density at radius 1 is 0.525 bits per heavy atom. The molecule has 6 nitrogen and oxygen atoms in total. The van der Waals surface area contributed by atoms with Crippen LogP contribution in [0.3, 0.4) is 0 Å². The molecule has 0 saturated heterocycles. The van der Waals surface area contributed by atoms with E-state index < -0.39 is 0 Å².